The summed E-state index contributed by atoms with van der Waals surface area (Å²) in [6, 6.07) is 14.2. The molecule has 8 nitrogen and oxygen atoms in total. The summed E-state index contributed by atoms with van der Waals surface area (Å²) >= 11 is 12.4. The van der Waals surface area contributed by atoms with E-state index in [1.165, 1.54) is 0 Å². The highest BCUT2D eigenvalue weighted by Gasteiger charge is 2.21. The number of carbonyl (C=O) groups excluding carboxylic acids is 1. The van der Waals surface area contributed by atoms with Crippen LogP contribution in [-0.4, -0.2) is 38.1 Å². The van der Waals surface area contributed by atoms with Crippen LogP contribution in [-0.2, 0) is 11.3 Å². The van der Waals surface area contributed by atoms with Gasteiger partial charge in [0, 0.05) is 29.9 Å². The van der Waals surface area contributed by atoms with E-state index < -0.39 is 11.2 Å². The van der Waals surface area contributed by atoms with Crippen LogP contribution in [0.25, 0.3) is 28.2 Å². The molecular formula is C21H20Cl2N4O4. The minimum absolute atomic E-state index is 0.208. The molecule has 0 aliphatic carbocycles. The first-order chi connectivity index (χ1) is 15.0. The number of halogens is 2. The van der Waals surface area contributed by atoms with Crippen LogP contribution in [0.1, 0.15) is 6.92 Å². The quantitative estimate of drug-likeness (QED) is 0.485. The average Bonchev–Trinajstić information content (AvgIpc) is 3.17. The molecule has 0 fully saturated rings. The van der Waals surface area contributed by atoms with Crippen molar-refractivity contribution in [3.8, 4) is 17.1 Å². The molecule has 0 saturated carbocycles. The van der Waals surface area contributed by atoms with Crippen molar-refractivity contribution in [3.05, 3.63) is 79.4 Å². The molecule has 4 aromatic rings. The van der Waals surface area contributed by atoms with E-state index in [2.05, 4.69) is 9.97 Å². The standard InChI is InChI=1S/C19H14Cl2N4O2.CH4O.CH2O/c1-2-24-18(26)15-16(23-19(24)27)22-17(13-5-3-4-6-14(13)21)25(15)12-9-7-11(20)8-10-12;2*1-2/h3-10H,2H2,1H3,(H,23,27);2H,1H3;1H2. The Morgan fingerprint density at radius 2 is 1.65 bits per heavy atom. The third kappa shape index (κ3) is 4.61. The highest BCUT2D eigenvalue weighted by atomic mass is 35.5. The maximum atomic E-state index is 13.0. The van der Waals surface area contributed by atoms with Gasteiger partial charge in [-0.05, 0) is 43.3 Å². The predicted octanol–water partition coefficient (Wildman–Crippen LogP) is 3.29. The Balaban J connectivity index is 0.000000807. The molecule has 0 radical (unpaired) electrons. The number of aromatic amines is 1. The second-order valence-corrected chi connectivity index (χ2v) is 6.75. The number of aromatic nitrogens is 4. The fourth-order valence-electron chi connectivity index (χ4n) is 3.05. The molecule has 10 heteroatoms. The molecule has 4 rings (SSSR count). The fourth-order valence-corrected chi connectivity index (χ4v) is 3.39. The third-order valence-corrected chi connectivity index (χ3v) is 4.89. The summed E-state index contributed by atoms with van der Waals surface area (Å²) in [5.41, 5.74) is 0.893. The van der Waals surface area contributed by atoms with Crippen LogP contribution in [0.4, 0.5) is 0 Å². The Hall–Kier alpha value is -3.20. The molecule has 0 unspecified atom stereocenters. The van der Waals surface area contributed by atoms with Crippen LogP contribution in [0.15, 0.2) is 58.1 Å². The van der Waals surface area contributed by atoms with Gasteiger partial charge in [0.05, 0.1) is 5.02 Å². The molecule has 0 bridgehead atoms. The molecule has 31 heavy (non-hydrogen) atoms. The van der Waals surface area contributed by atoms with Crippen molar-refractivity contribution in [2.24, 2.45) is 0 Å². The van der Waals surface area contributed by atoms with Gasteiger partial charge in [-0.3, -0.25) is 18.9 Å². The minimum atomic E-state index is -0.499. The molecule has 0 aliphatic rings. The summed E-state index contributed by atoms with van der Waals surface area (Å²) in [7, 11) is 1.00. The fraction of sp³-hybridized carbons (Fsp3) is 0.143. The van der Waals surface area contributed by atoms with Gasteiger partial charge >= 0.3 is 5.69 Å². The Morgan fingerprint density at radius 1 is 1.03 bits per heavy atom. The normalized spacial score (nSPS) is 10.1. The van der Waals surface area contributed by atoms with Crippen molar-refractivity contribution in [1.29, 1.82) is 0 Å². The van der Waals surface area contributed by atoms with Crippen molar-refractivity contribution >= 4 is 41.2 Å². The van der Waals surface area contributed by atoms with Gasteiger partial charge in [0.2, 0.25) is 0 Å². The minimum Gasteiger partial charge on any atom is -0.400 e. The SMILES string of the molecule is C=O.CCn1c(=O)[nH]c2nc(-c3ccccc3Cl)n(-c3ccc(Cl)cc3)c2c1=O.CO. The monoisotopic (exact) mass is 462 g/mol. The summed E-state index contributed by atoms with van der Waals surface area (Å²) in [5.74, 6) is 0.458. The van der Waals surface area contributed by atoms with Gasteiger partial charge in [-0.15, -0.1) is 0 Å². The summed E-state index contributed by atoms with van der Waals surface area (Å²) in [5, 5.41) is 8.06. The number of nitrogens with zero attached hydrogens (tertiary/aromatic N) is 3. The van der Waals surface area contributed by atoms with Crippen LogP contribution < -0.4 is 11.2 Å². The van der Waals surface area contributed by atoms with E-state index in [-0.39, 0.29) is 17.7 Å². The van der Waals surface area contributed by atoms with Gasteiger partial charge in [0.25, 0.3) is 5.56 Å². The second-order valence-electron chi connectivity index (χ2n) is 5.90. The number of imidazole rings is 1. The number of aliphatic hydroxyl groups excluding tert-OH is 1. The molecular weight excluding hydrogens is 443 g/mol. The lowest BCUT2D eigenvalue weighted by molar-refractivity contribution is -0.0979. The molecule has 0 aliphatic heterocycles. The Labute approximate surface area is 187 Å². The molecule has 0 amide bonds. The molecule has 162 valence electrons. The lowest BCUT2D eigenvalue weighted by atomic mass is 10.2. The molecule has 0 atom stereocenters. The van der Waals surface area contributed by atoms with Crippen molar-refractivity contribution in [2.75, 3.05) is 7.11 Å². The number of hydrogen-bond donors (Lipinski definition) is 2. The largest absolute Gasteiger partial charge is 0.400 e. The van der Waals surface area contributed by atoms with E-state index in [1.54, 1.807) is 41.8 Å². The summed E-state index contributed by atoms with van der Waals surface area (Å²) in [4.78, 5) is 40.4. The zero-order chi connectivity index (χ0) is 23.1. The molecule has 2 aromatic carbocycles. The van der Waals surface area contributed by atoms with Crippen molar-refractivity contribution < 1.29 is 9.90 Å². The lowest BCUT2D eigenvalue weighted by Gasteiger charge is -2.10. The van der Waals surface area contributed by atoms with Crippen molar-refractivity contribution in [2.45, 2.75) is 13.5 Å². The molecule has 2 heterocycles. The van der Waals surface area contributed by atoms with Crippen LogP contribution >= 0.6 is 23.2 Å². The maximum Gasteiger partial charge on any atom is 0.330 e. The first-order valence-electron chi connectivity index (χ1n) is 9.01. The van der Waals surface area contributed by atoms with E-state index in [0.717, 1.165) is 11.7 Å². The smallest absolute Gasteiger partial charge is 0.330 e. The topological polar surface area (TPSA) is 110 Å². The third-order valence-electron chi connectivity index (χ3n) is 4.31. The molecule has 0 saturated heterocycles. The van der Waals surface area contributed by atoms with Gasteiger partial charge in [-0.2, -0.15) is 0 Å². The number of H-pyrrole nitrogens is 1. The van der Waals surface area contributed by atoms with E-state index in [9.17, 15) is 9.59 Å². The highest BCUT2D eigenvalue weighted by Crippen LogP contribution is 2.31. The van der Waals surface area contributed by atoms with Crippen LogP contribution in [0.5, 0.6) is 0 Å². The van der Waals surface area contributed by atoms with Crippen molar-refractivity contribution in [3.63, 3.8) is 0 Å². The van der Waals surface area contributed by atoms with Crippen LogP contribution in [0.3, 0.4) is 0 Å². The highest BCUT2D eigenvalue weighted by molar-refractivity contribution is 6.33. The first-order valence-corrected chi connectivity index (χ1v) is 9.77. The number of nitrogens with one attached hydrogen (secondary N) is 1. The number of aliphatic hydroxyl groups is 1. The van der Waals surface area contributed by atoms with Crippen molar-refractivity contribution in [1.82, 2.24) is 19.1 Å². The first kappa shape index (κ1) is 24.1. The molecule has 2 N–H and O–H groups in total. The van der Waals surface area contributed by atoms with Crippen LogP contribution in [0.2, 0.25) is 10.0 Å². The molecule has 0 spiro atoms. The van der Waals surface area contributed by atoms with E-state index in [1.807, 2.05) is 25.0 Å². The average molecular weight is 463 g/mol. The summed E-state index contributed by atoms with van der Waals surface area (Å²) in [6.07, 6.45) is 0. The number of benzene rings is 2. The second kappa shape index (κ2) is 10.7. The zero-order valence-corrected chi connectivity index (χ0v) is 18.3. The van der Waals surface area contributed by atoms with Gasteiger partial charge < -0.3 is 9.90 Å². The zero-order valence-electron chi connectivity index (χ0n) is 16.8. The van der Waals surface area contributed by atoms with Gasteiger partial charge in [-0.25, -0.2) is 9.78 Å². The summed E-state index contributed by atoms with van der Waals surface area (Å²) < 4.78 is 2.82. The lowest BCUT2D eigenvalue weighted by Crippen LogP contribution is -2.35. The Morgan fingerprint density at radius 3 is 2.23 bits per heavy atom. The number of rotatable bonds is 3. The van der Waals surface area contributed by atoms with E-state index >= 15 is 0 Å². The Bertz CT molecular complexity index is 1290. The molecule has 2 aromatic heterocycles. The van der Waals surface area contributed by atoms with E-state index in [4.69, 9.17) is 33.1 Å². The Kier molecular flexibility index (Phi) is 8.32. The van der Waals surface area contributed by atoms with Gasteiger partial charge in [0.1, 0.15) is 12.6 Å². The number of fused-ring (bicyclic) bond motifs is 1. The summed E-state index contributed by atoms with van der Waals surface area (Å²) in [6.45, 7) is 3.98. The van der Waals surface area contributed by atoms with Gasteiger partial charge in [-0.1, -0.05) is 35.3 Å². The van der Waals surface area contributed by atoms with Gasteiger partial charge in [0.15, 0.2) is 11.2 Å². The van der Waals surface area contributed by atoms with E-state index in [0.29, 0.717) is 27.1 Å². The van der Waals surface area contributed by atoms with Crippen LogP contribution in [0, 0.1) is 0 Å². The predicted molar refractivity (Wildman–Crippen MR) is 122 cm³/mol. The maximum absolute atomic E-state index is 13.0. The number of hydrogen-bond acceptors (Lipinski definition) is 5. The number of carbonyl (C=O) groups is 1.